The monoisotopic (exact) mass is 252 g/mol. The molecular weight excluding hydrogens is 247 g/mol. The Morgan fingerprint density at radius 3 is 2.17 bits per heavy atom. The SMILES string of the molecule is O=S(=O)(CF)c1ccc(Br)cc1. The average Bonchev–Trinajstić information content (AvgIpc) is 2.05. The summed E-state index contributed by atoms with van der Waals surface area (Å²) in [5.41, 5.74) is 0. The Hall–Kier alpha value is -0.420. The van der Waals surface area contributed by atoms with Crippen molar-refractivity contribution in [3.05, 3.63) is 28.7 Å². The third kappa shape index (κ3) is 2.04. The summed E-state index contributed by atoms with van der Waals surface area (Å²) >= 11 is 3.15. The second kappa shape index (κ2) is 3.53. The molecule has 0 aliphatic carbocycles. The van der Waals surface area contributed by atoms with Crippen molar-refractivity contribution in [1.82, 2.24) is 0 Å². The fourth-order valence-corrected chi connectivity index (χ4v) is 1.65. The van der Waals surface area contributed by atoms with Gasteiger partial charge >= 0.3 is 0 Å². The van der Waals surface area contributed by atoms with Crippen LogP contribution in [-0.4, -0.2) is 14.4 Å². The molecule has 5 heteroatoms. The average molecular weight is 253 g/mol. The predicted molar refractivity (Wildman–Crippen MR) is 47.3 cm³/mol. The van der Waals surface area contributed by atoms with Crippen molar-refractivity contribution in [2.75, 3.05) is 6.01 Å². The first kappa shape index (κ1) is 9.67. The molecule has 66 valence electrons. The molecule has 0 atom stereocenters. The summed E-state index contributed by atoms with van der Waals surface area (Å²) in [6.07, 6.45) is 0. The Kier molecular flexibility index (Phi) is 2.85. The molecule has 1 rings (SSSR count). The summed E-state index contributed by atoms with van der Waals surface area (Å²) in [6, 6.07) is 4.48. The molecule has 12 heavy (non-hydrogen) atoms. The quantitative estimate of drug-likeness (QED) is 0.809. The minimum atomic E-state index is -3.70. The van der Waals surface area contributed by atoms with Crippen LogP contribution in [0.5, 0.6) is 0 Å². The highest BCUT2D eigenvalue weighted by Crippen LogP contribution is 2.15. The van der Waals surface area contributed by atoms with E-state index in [2.05, 4.69) is 15.9 Å². The van der Waals surface area contributed by atoms with E-state index in [1.807, 2.05) is 0 Å². The van der Waals surface area contributed by atoms with Gasteiger partial charge in [-0.15, -0.1) is 0 Å². The molecule has 0 aliphatic rings. The minimum Gasteiger partial charge on any atom is -0.233 e. The standard InChI is InChI=1S/C7H6BrFO2S/c8-6-1-3-7(4-2-6)12(10,11)5-9/h1-4H,5H2. The lowest BCUT2D eigenvalue weighted by Gasteiger charge is -1.98. The van der Waals surface area contributed by atoms with E-state index in [0.717, 1.165) is 4.47 Å². The van der Waals surface area contributed by atoms with E-state index in [9.17, 15) is 12.8 Å². The van der Waals surface area contributed by atoms with Gasteiger partial charge in [-0.25, -0.2) is 12.8 Å². The van der Waals surface area contributed by atoms with Gasteiger partial charge in [0, 0.05) is 4.47 Å². The van der Waals surface area contributed by atoms with Crippen LogP contribution in [-0.2, 0) is 9.84 Å². The number of halogens is 2. The molecule has 0 fully saturated rings. The van der Waals surface area contributed by atoms with Crippen molar-refractivity contribution in [2.24, 2.45) is 0 Å². The van der Waals surface area contributed by atoms with E-state index in [4.69, 9.17) is 0 Å². The van der Waals surface area contributed by atoms with Crippen LogP contribution < -0.4 is 0 Å². The first-order valence-electron chi connectivity index (χ1n) is 3.10. The third-order valence-electron chi connectivity index (χ3n) is 1.32. The lowest BCUT2D eigenvalue weighted by Crippen LogP contribution is -2.01. The smallest absolute Gasteiger partial charge is 0.207 e. The highest BCUT2D eigenvalue weighted by molar-refractivity contribution is 9.10. The van der Waals surface area contributed by atoms with Gasteiger partial charge in [0.15, 0.2) is 6.01 Å². The number of sulfone groups is 1. The first-order chi connectivity index (χ1) is 5.56. The second-order valence-corrected chi connectivity index (χ2v) is 5.01. The third-order valence-corrected chi connectivity index (χ3v) is 3.12. The van der Waals surface area contributed by atoms with Crippen LogP contribution >= 0.6 is 15.9 Å². The lowest BCUT2D eigenvalue weighted by atomic mass is 10.4. The van der Waals surface area contributed by atoms with E-state index >= 15 is 0 Å². The van der Waals surface area contributed by atoms with Gasteiger partial charge in [-0.05, 0) is 24.3 Å². The zero-order valence-electron chi connectivity index (χ0n) is 6.00. The molecule has 0 heterocycles. The van der Waals surface area contributed by atoms with E-state index in [1.54, 1.807) is 12.1 Å². The van der Waals surface area contributed by atoms with Crippen molar-refractivity contribution in [3.8, 4) is 0 Å². The van der Waals surface area contributed by atoms with Crippen LogP contribution in [0.25, 0.3) is 0 Å². The molecular formula is C7H6BrFO2S. The number of rotatable bonds is 2. The van der Waals surface area contributed by atoms with Crippen molar-refractivity contribution < 1.29 is 12.8 Å². The van der Waals surface area contributed by atoms with Crippen LogP contribution in [0, 0.1) is 0 Å². The number of hydrogen-bond acceptors (Lipinski definition) is 2. The van der Waals surface area contributed by atoms with Crippen molar-refractivity contribution in [2.45, 2.75) is 4.90 Å². The van der Waals surface area contributed by atoms with E-state index in [1.165, 1.54) is 12.1 Å². The molecule has 0 radical (unpaired) electrons. The van der Waals surface area contributed by atoms with Crippen LogP contribution in [0.4, 0.5) is 4.39 Å². The number of alkyl halides is 1. The molecule has 0 aliphatic heterocycles. The van der Waals surface area contributed by atoms with Gasteiger partial charge in [0.2, 0.25) is 9.84 Å². The fraction of sp³-hybridized carbons (Fsp3) is 0.143. The Morgan fingerprint density at radius 1 is 1.25 bits per heavy atom. The van der Waals surface area contributed by atoms with Crippen molar-refractivity contribution >= 4 is 25.8 Å². The predicted octanol–water partition coefficient (Wildman–Crippen LogP) is 2.15. The number of benzene rings is 1. The molecule has 1 aromatic rings. The first-order valence-corrected chi connectivity index (χ1v) is 5.55. The molecule has 2 nitrogen and oxygen atoms in total. The Balaban J connectivity index is 3.14. The zero-order chi connectivity index (χ0) is 9.19. The number of hydrogen-bond donors (Lipinski definition) is 0. The Labute approximate surface area is 78.5 Å². The maximum absolute atomic E-state index is 12.0. The largest absolute Gasteiger partial charge is 0.233 e. The fourth-order valence-electron chi connectivity index (χ4n) is 0.705. The molecule has 0 spiro atoms. The Morgan fingerprint density at radius 2 is 1.75 bits per heavy atom. The van der Waals surface area contributed by atoms with Crippen LogP contribution in [0.15, 0.2) is 33.6 Å². The highest BCUT2D eigenvalue weighted by atomic mass is 79.9. The molecule has 0 saturated heterocycles. The van der Waals surface area contributed by atoms with Gasteiger partial charge in [0.1, 0.15) is 0 Å². The van der Waals surface area contributed by atoms with E-state index in [-0.39, 0.29) is 4.90 Å². The van der Waals surface area contributed by atoms with Gasteiger partial charge in [-0.2, -0.15) is 0 Å². The summed E-state index contributed by atoms with van der Waals surface area (Å²) in [7, 11) is -3.70. The van der Waals surface area contributed by atoms with Crippen molar-refractivity contribution in [1.29, 1.82) is 0 Å². The van der Waals surface area contributed by atoms with Crippen LogP contribution in [0.1, 0.15) is 0 Å². The Bertz CT molecular complexity index is 357. The topological polar surface area (TPSA) is 34.1 Å². The van der Waals surface area contributed by atoms with E-state index < -0.39 is 15.8 Å². The summed E-state index contributed by atoms with van der Waals surface area (Å²) in [5.74, 6) is 0. The zero-order valence-corrected chi connectivity index (χ0v) is 8.40. The van der Waals surface area contributed by atoms with Crippen LogP contribution in [0.2, 0.25) is 0 Å². The summed E-state index contributed by atoms with van der Waals surface area (Å²) in [4.78, 5) is 0.00759. The second-order valence-electron chi connectivity index (χ2n) is 2.18. The van der Waals surface area contributed by atoms with Gasteiger partial charge in [0.05, 0.1) is 4.90 Å². The normalized spacial score (nSPS) is 11.5. The minimum absolute atomic E-state index is 0.00759. The summed E-state index contributed by atoms with van der Waals surface area (Å²) in [6.45, 7) is 0. The summed E-state index contributed by atoms with van der Waals surface area (Å²) < 4.78 is 34.6. The molecule has 0 amide bonds. The lowest BCUT2D eigenvalue weighted by molar-refractivity contribution is 0.534. The van der Waals surface area contributed by atoms with E-state index in [0.29, 0.717) is 0 Å². The van der Waals surface area contributed by atoms with Gasteiger partial charge < -0.3 is 0 Å². The maximum atomic E-state index is 12.0. The molecule has 0 bridgehead atoms. The van der Waals surface area contributed by atoms with Crippen LogP contribution in [0.3, 0.4) is 0 Å². The molecule has 0 unspecified atom stereocenters. The maximum Gasteiger partial charge on any atom is 0.207 e. The van der Waals surface area contributed by atoms with Gasteiger partial charge in [-0.3, -0.25) is 0 Å². The summed E-state index contributed by atoms with van der Waals surface area (Å²) in [5, 5.41) is 0. The molecule has 0 aromatic heterocycles. The van der Waals surface area contributed by atoms with Gasteiger partial charge in [-0.1, -0.05) is 15.9 Å². The molecule has 0 saturated carbocycles. The molecule has 1 aromatic carbocycles. The van der Waals surface area contributed by atoms with Crippen molar-refractivity contribution in [3.63, 3.8) is 0 Å². The highest BCUT2D eigenvalue weighted by Gasteiger charge is 2.12. The van der Waals surface area contributed by atoms with Gasteiger partial charge in [0.25, 0.3) is 0 Å². The molecule has 0 N–H and O–H groups in total.